The van der Waals surface area contributed by atoms with E-state index in [2.05, 4.69) is 31.2 Å². The maximum absolute atomic E-state index is 14.1. The summed E-state index contributed by atoms with van der Waals surface area (Å²) in [7, 11) is 0. The summed E-state index contributed by atoms with van der Waals surface area (Å²) >= 11 is 0. The van der Waals surface area contributed by atoms with Gasteiger partial charge in [-0.05, 0) is 49.1 Å². The van der Waals surface area contributed by atoms with Gasteiger partial charge < -0.3 is 52.8 Å². The summed E-state index contributed by atoms with van der Waals surface area (Å²) in [6, 6.07) is 11.5. The van der Waals surface area contributed by atoms with E-state index in [0.29, 0.717) is 17.7 Å². The zero-order valence-electron chi connectivity index (χ0n) is 32.4. The number of nitro benzene ring substituents is 1. The highest BCUT2D eigenvalue weighted by Gasteiger charge is 2.40. The van der Waals surface area contributed by atoms with Gasteiger partial charge in [0.05, 0.1) is 22.9 Å². The normalized spacial score (nSPS) is 16.0. The molecule has 6 atom stereocenters. The average Bonchev–Trinajstić information content (AvgIpc) is 3.93. The molecule has 0 radical (unpaired) electrons. The minimum absolute atomic E-state index is 0.00278. The number of nitrogens with two attached hydrogens (primary N) is 2. The molecule has 0 unspecified atom stereocenters. The highest BCUT2D eigenvalue weighted by molar-refractivity contribution is 6.02. The van der Waals surface area contributed by atoms with Crippen LogP contribution >= 0.6 is 0 Å². The number of nitrogen functional groups attached to an aromatic ring is 1. The van der Waals surface area contributed by atoms with Crippen molar-refractivity contribution in [1.29, 1.82) is 0 Å². The number of hydrogen-bond donors (Lipinski definition) is 9. The van der Waals surface area contributed by atoms with E-state index < -0.39 is 88.1 Å². The Bertz CT molecular complexity index is 2200. The van der Waals surface area contributed by atoms with Crippen molar-refractivity contribution < 1.29 is 43.9 Å². The van der Waals surface area contributed by atoms with Crippen LogP contribution in [0.1, 0.15) is 46.9 Å². The molecular formula is C40H46N10O10. The van der Waals surface area contributed by atoms with Crippen molar-refractivity contribution in [3.63, 3.8) is 0 Å². The van der Waals surface area contributed by atoms with Crippen molar-refractivity contribution in [3.8, 4) is 5.75 Å². The number of nitro groups is 1. The van der Waals surface area contributed by atoms with Crippen LogP contribution in [0.2, 0.25) is 0 Å². The summed E-state index contributed by atoms with van der Waals surface area (Å²) in [4.78, 5) is 100. The molecule has 1 saturated heterocycles. The number of carbonyl (C=O) groups excluding carboxylic acids is 6. The number of H-pyrrole nitrogens is 1. The zero-order chi connectivity index (χ0) is 43.5. The Morgan fingerprint density at radius 3 is 2.23 bits per heavy atom. The van der Waals surface area contributed by atoms with Gasteiger partial charge in [-0.25, -0.2) is 4.98 Å². The number of phenolic OH excluding ortho intramolecular Hbond substituents is 1. The van der Waals surface area contributed by atoms with Gasteiger partial charge in [-0.2, -0.15) is 0 Å². The molecule has 60 heavy (non-hydrogen) atoms. The molecule has 11 N–H and O–H groups in total. The summed E-state index contributed by atoms with van der Waals surface area (Å²) in [5, 5.41) is 42.2. The first-order valence-corrected chi connectivity index (χ1v) is 18.9. The fraction of sp³-hybridized carbons (Fsp3) is 0.325. The number of nitrogens with one attached hydrogen (secondary N) is 5. The Kier molecular flexibility index (Phi) is 14.5. The number of aromatic amines is 1. The van der Waals surface area contributed by atoms with Gasteiger partial charge in [0.1, 0.15) is 30.2 Å². The molecule has 20 nitrogen and oxygen atoms in total. The van der Waals surface area contributed by atoms with Crippen molar-refractivity contribution in [2.75, 3.05) is 12.3 Å². The Morgan fingerprint density at radius 2 is 1.58 bits per heavy atom. The molecule has 2 heterocycles. The summed E-state index contributed by atoms with van der Waals surface area (Å²) in [6.07, 6.45) is 1.58. The number of rotatable bonds is 18. The van der Waals surface area contributed by atoms with E-state index in [9.17, 15) is 49.1 Å². The van der Waals surface area contributed by atoms with Gasteiger partial charge in [-0.15, -0.1) is 0 Å². The number of hydrogen-bond acceptors (Lipinski definition) is 12. The van der Waals surface area contributed by atoms with Crippen LogP contribution in [0.5, 0.6) is 5.75 Å². The molecule has 1 aliphatic rings. The predicted molar refractivity (Wildman–Crippen MR) is 214 cm³/mol. The Balaban J connectivity index is 1.32. The molecule has 316 valence electrons. The van der Waals surface area contributed by atoms with Crippen LogP contribution in [0.4, 0.5) is 11.4 Å². The van der Waals surface area contributed by atoms with E-state index in [1.54, 1.807) is 48.5 Å². The van der Waals surface area contributed by atoms with Crippen LogP contribution in [0.3, 0.4) is 0 Å². The number of aromatic nitrogens is 2. The lowest BCUT2D eigenvalue weighted by Crippen LogP contribution is -2.61. The van der Waals surface area contributed by atoms with Gasteiger partial charge in [0, 0.05) is 49.5 Å². The molecule has 1 fully saturated rings. The van der Waals surface area contributed by atoms with Gasteiger partial charge in [-0.3, -0.25) is 38.9 Å². The molecule has 0 bridgehead atoms. The predicted octanol–water partition coefficient (Wildman–Crippen LogP) is -0.256. The van der Waals surface area contributed by atoms with E-state index in [-0.39, 0.29) is 49.0 Å². The smallest absolute Gasteiger partial charge is 0.310 e. The molecule has 0 aliphatic carbocycles. The van der Waals surface area contributed by atoms with Crippen molar-refractivity contribution in [2.24, 2.45) is 5.73 Å². The van der Waals surface area contributed by atoms with Crippen molar-refractivity contribution in [3.05, 3.63) is 118 Å². The molecule has 1 aromatic heterocycles. The summed E-state index contributed by atoms with van der Waals surface area (Å²) < 4.78 is 0. The number of aliphatic hydroxyl groups is 1. The van der Waals surface area contributed by atoms with Crippen LogP contribution < -0.4 is 32.7 Å². The van der Waals surface area contributed by atoms with Gasteiger partial charge >= 0.3 is 5.69 Å². The lowest BCUT2D eigenvalue weighted by atomic mass is 10.0. The molecule has 0 spiro atoms. The number of aromatic hydroxyl groups is 1. The third-order valence-electron chi connectivity index (χ3n) is 9.94. The van der Waals surface area contributed by atoms with Gasteiger partial charge in [0.25, 0.3) is 5.91 Å². The fourth-order valence-corrected chi connectivity index (χ4v) is 6.81. The summed E-state index contributed by atoms with van der Waals surface area (Å²) in [5.41, 5.74) is 12.6. The number of aliphatic hydroxyl groups excluding tert-OH is 1. The SMILES string of the molecule is C[C@@H](O)[C@H](NC(=O)[C@@H]1CCCN1C(=O)[C@H](Cc1cnc[nH]1)NC(=O)c1ccccc1N)C(=O)N[C@@H](Cc1ccccc1)C(=O)N[C@@H](Cc1ccc(O)c([N+](=O)[O-])c1)C(N)=O. The molecule has 1 aliphatic heterocycles. The first-order chi connectivity index (χ1) is 28.6. The summed E-state index contributed by atoms with van der Waals surface area (Å²) in [6.45, 7) is 1.39. The second-order valence-corrected chi connectivity index (χ2v) is 14.3. The molecule has 3 aromatic carbocycles. The van der Waals surface area contributed by atoms with E-state index in [4.69, 9.17) is 11.5 Å². The largest absolute Gasteiger partial charge is 0.502 e. The minimum Gasteiger partial charge on any atom is -0.502 e. The number of benzene rings is 3. The number of amides is 6. The van der Waals surface area contributed by atoms with Crippen molar-refractivity contribution >= 4 is 46.8 Å². The second kappa shape index (κ2) is 19.9. The van der Waals surface area contributed by atoms with E-state index in [0.717, 1.165) is 12.1 Å². The van der Waals surface area contributed by atoms with Crippen LogP contribution in [-0.4, -0.2) is 108 Å². The van der Waals surface area contributed by atoms with Crippen LogP contribution in [-0.2, 0) is 43.2 Å². The van der Waals surface area contributed by atoms with Gasteiger partial charge in [0.15, 0.2) is 5.75 Å². The highest BCUT2D eigenvalue weighted by atomic mass is 16.6. The maximum atomic E-state index is 14.1. The van der Waals surface area contributed by atoms with Crippen LogP contribution in [0.25, 0.3) is 0 Å². The molecule has 5 rings (SSSR count). The van der Waals surface area contributed by atoms with Crippen LogP contribution in [0.15, 0.2) is 85.3 Å². The first-order valence-electron chi connectivity index (χ1n) is 18.9. The Morgan fingerprint density at radius 1 is 0.900 bits per heavy atom. The topological polar surface area (TPSA) is 318 Å². The number of carbonyl (C=O) groups is 6. The quantitative estimate of drug-likeness (QED) is 0.0356. The van der Waals surface area contributed by atoms with Crippen molar-refractivity contribution in [2.45, 2.75) is 75.3 Å². The standard InChI is InChI=1S/C40H46N10O10/c1-22(51)34(48-38(56)31-12-7-15-49(31)40(58)30(19-25-20-43-21-44-25)47-36(54)26-10-5-6-11-27(26)41)39(57)46-29(16-23-8-3-2-4-9-23)37(55)45-28(35(42)53)17-24-13-14-33(52)32(18-24)50(59)60/h2-6,8-11,13-14,18,20-22,28-31,34,51-52H,7,12,15-17,19,41H2,1H3,(H2,42,53)(H,43,44)(H,45,55)(H,46,57)(H,47,54)(H,48,56)/t22-,28+,29+,30+,31+,34+/m1/s1. The number of anilines is 1. The highest BCUT2D eigenvalue weighted by Crippen LogP contribution is 2.27. The Labute approximate surface area is 343 Å². The lowest BCUT2D eigenvalue weighted by Gasteiger charge is -2.31. The molecular weight excluding hydrogens is 780 g/mol. The van der Waals surface area contributed by atoms with Gasteiger partial charge in [0.2, 0.25) is 29.5 Å². The maximum Gasteiger partial charge on any atom is 0.310 e. The van der Waals surface area contributed by atoms with Crippen LogP contribution in [0, 0.1) is 10.1 Å². The van der Waals surface area contributed by atoms with E-state index in [1.165, 1.54) is 36.5 Å². The number of phenols is 1. The molecule has 4 aromatic rings. The first kappa shape index (κ1) is 43.8. The average molecular weight is 827 g/mol. The zero-order valence-corrected chi connectivity index (χ0v) is 32.4. The molecule has 0 saturated carbocycles. The summed E-state index contributed by atoms with van der Waals surface area (Å²) in [5.74, 6) is -5.43. The number of imidazole rings is 1. The second-order valence-electron chi connectivity index (χ2n) is 14.3. The number of nitrogens with zero attached hydrogens (tertiary/aromatic N) is 3. The molecule has 6 amide bonds. The van der Waals surface area contributed by atoms with E-state index >= 15 is 0 Å². The Hall–Kier alpha value is -7.35. The van der Waals surface area contributed by atoms with Crippen molar-refractivity contribution in [1.82, 2.24) is 36.1 Å². The van der Waals surface area contributed by atoms with E-state index in [1.807, 2.05) is 0 Å². The molecule has 20 heteroatoms. The third kappa shape index (κ3) is 11.2. The monoisotopic (exact) mass is 826 g/mol. The number of para-hydroxylation sites is 1. The third-order valence-corrected chi connectivity index (χ3v) is 9.94. The fourth-order valence-electron chi connectivity index (χ4n) is 6.81. The van der Waals surface area contributed by atoms with Gasteiger partial charge in [-0.1, -0.05) is 48.5 Å². The minimum atomic E-state index is -1.63. The lowest BCUT2D eigenvalue weighted by molar-refractivity contribution is -0.385. The number of likely N-dealkylation sites (tertiary alicyclic amines) is 1. The number of primary amides is 1.